The first-order chi connectivity index (χ1) is 15.8. The molecule has 0 saturated heterocycles. The number of amides is 2. The van der Waals surface area contributed by atoms with E-state index in [2.05, 4.69) is 15.8 Å². The topological polar surface area (TPSA) is 97.1 Å². The summed E-state index contributed by atoms with van der Waals surface area (Å²) in [6.45, 7) is 7.71. The van der Waals surface area contributed by atoms with Gasteiger partial charge in [0.1, 0.15) is 5.76 Å². The Morgan fingerprint density at radius 3 is 2.42 bits per heavy atom. The lowest BCUT2D eigenvalue weighted by atomic mass is 10.0. The molecule has 168 valence electrons. The number of fused-ring (bicyclic) bond motifs is 1. The van der Waals surface area contributed by atoms with E-state index >= 15 is 0 Å². The maximum absolute atomic E-state index is 13.2. The van der Waals surface area contributed by atoms with Crippen LogP contribution in [0.15, 0.2) is 53.1 Å². The van der Waals surface area contributed by atoms with Gasteiger partial charge in [-0.1, -0.05) is 28.9 Å². The molecule has 0 bridgehead atoms. The molecule has 7 heteroatoms. The van der Waals surface area contributed by atoms with E-state index in [-0.39, 0.29) is 11.8 Å². The maximum atomic E-state index is 13.2. The lowest BCUT2D eigenvalue weighted by Crippen LogP contribution is -2.26. The molecule has 0 aliphatic heterocycles. The summed E-state index contributed by atoms with van der Waals surface area (Å²) in [5, 5.41) is 10.6. The zero-order valence-electron chi connectivity index (χ0n) is 19.2. The summed E-state index contributed by atoms with van der Waals surface area (Å²) in [6.07, 6.45) is 0.645. The Kier molecular flexibility index (Phi) is 6.22. The molecular formula is C26H26N4O3. The van der Waals surface area contributed by atoms with Crippen LogP contribution in [0.3, 0.4) is 0 Å². The number of benzene rings is 2. The van der Waals surface area contributed by atoms with E-state index in [1.807, 2.05) is 69.3 Å². The highest BCUT2D eigenvalue weighted by Gasteiger charge is 2.15. The quantitative estimate of drug-likeness (QED) is 0.449. The molecule has 0 spiro atoms. The number of carbonyl (C=O) groups is 2. The van der Waals surface area contributed by atoms with Gasteiger partial charge in [-0.15, -0.1) is 0 Å². The average molecular weight is 443 g/mol. The lowest BCUT2D eigenvalue weighted by molar-refractivity contribution is -0.114. The lowest BCUT2D eigenvalue weighted by Gasteiger charge is -2.12. The van der Waals surface area contributed by atoms with Crippen molar-refractivity contribution in [2.75, 3.05) is 11.9 Å². The van der Waals surface area contributed by atoms with Gasteiger partial charge < -0.3 is 15.2 Å². The molecule has 33 heavy (non-hydrogen) atoms. The maximum Gasteiger partial charge on any atom is 0.252 e. The van der Waals surface area contributed by atoms with E-state index in [4.69, 9.17) is 9.51 Å². The van der Waals surface area contributed by atoms with Crippen LogP contribution in [-0.2, 0) is 11.2 Å². The number of aromatic nitrogens is 2. The molecule has 0 aliphatic carbocycles. The third kappa shape index (κ3) is 4.92. The van der Waals surface area contributed by atoms with E-state index in [1.54, 1.807) is 0 Å². The Labute approximate surface area is 192 Å². The predicted molar refractivity (Wildman–Crippen MR) is 128 cm³/mol. The largest absolute Gasteiger partial charge is 0.361 e. The fourth-order valence-electron chi connectivity index (χ4n) is 3.86. The standard InChI is InChI=1S/C26H26N4O3/c1-15-5-10-24-22(13-15)23(26(32)27-12-11-21-16(2)30-33-17(21)3)14-25(29-24)19-6-8-20(9-7-19)28-18(4)31/h5-10,13-14H,11-12H2,1-4H3,(H,27,32)(H,28,31). The Hall–Kier alpha value is -4.00. The second-order valence-corrected chi connectivity index (χ2v) is 8.14. The van der Waals surface area contributed by atoms with Crippen LogP contribution in [0.4, 0.5) is 5.69 Å². The van der Waals surface area contributed by atoms with Gasteiger partial charge in [0.05, 0.1) is 22.5 Å². The minimum Gasteiger partial charge on any atom is -0.361 e. The number of nitrogens with one attached hydrogen (secondary N) is 2. The van der Waals surface area contributed by atoms with Crippen molar-refractivity contribution >= 4 is 28.4 Å². The summed E-state index contributed by atoms with van der Waals surface area (Å²) in [6, 6.07) is 15.1. The van der Waals surface area contributed by atoms with Gasteiger partial charge in [-0.25, -0.2) is 4.98 Å². The smallest absolute Gasteiger partial charge is 0.252 e. The fraction of sp³-hybridized carbons (Fsp3) is 0.231. The summed E-state index contributed by atoms with van der Waals surface area (Å²) >= 11 is 0. The Bertz CT molecular complexity index is 1320. The highest BCUT2D eigenvalue weighted by Crippen LogP contribution is 2.27. The van der Waals surface area contributed by atoms with Gasteiger partial charge in [-0.2, -0.15) is 0 Å². The molecule has 2 amide bonds. The van der Waals surface area contributed by atoms with Crippen molar-refractivity contribution < 1.29 is 14.1 Å². The molecule has 2 N–H and O–H groups in total. The molecule has 4 rings (SSSR count). The molecule has 0 radical (unpaired) electrons. The van der Waals surface area contributed by atoms with Crippen LogP contribution in [0.2, 0.25) is 0 Å². The van der Waals surface area contributed by atoms with Crippen LogP contribution in [0.25, 0.3) is 22.2 Å². The van der Waals surface area contributed by atoms with Gasteiger partial charge >= 0.3 is 0 Å². The van der Waals surface area contributed by atoms with Gasteiger partial charge in [0, 0.05) is 35.7 Å². The van der Waals surface area contributed by atoms with E-state index in [9.17, 15) is 9.59 Å². The SMILES string of the molecule is CC(=O)Nc1ccc(-c2cc(C(=O)NCCc3c(C)noc3C)c3cc(C)ccc3n2)cc1. The molecule has 2 heterocycles. The highest BCUT2D eigenvalue weighted by molar-refractivity contribution is 6.07. The Balaban J connectivity index is 1.63. The number of aryl methyl sites for hydroxylation is 3. The average Bonchev–Trinajstić information content (AvgIpc) is 3.10. The van der Waals surface area contributed by atoms with Crippen molar-refractivity contribution in [3.05, 3.63) is 76.7 Å². The molecular weight excluding hydrogens is 416 g/mol. The van der Waals surface area contributed by atoms with Gasteiger partial charge in [0.15, 0.2) is 0 Å². The zero-order valence-corrected chi connectivity index (χ0v) is 19.2. The van der Waals surface area contributed by atoms with Gasteiger partial charge in [0.25, 0.3) is 5.91 Å². The molecule has 2 aromatic carbocycles. The van der Waals surface area contributed by atoms with Crippen molar-refractivity contribution in [1.29, 1.82) is 0 Å². The van der Waals surface area contributed by atoms with E-state index in [0.717, 1.165) is 39.0 Å². The minimum atomic E-state index is -0.157. The summed E-state index contributed by atoms with van der Waals surface area (Å²) in [4.78, 5) is 29.3. The summed E-state index contributed by atoms with van der Waals surface area (Å²) in [7, 11) is 0. The second kappa shape index (κ2) is 9.24. The molecule has 0 atom stereocenters. The summed E-state index contributed by atoms with van der Waals surface area (Å²) < 4.78 is 5.21. The zero-order chi connectivity index (χ0) is 23.5. The third-order valence-electron chi connectivity index (χ3n) is 5.55. The first-order valence-corrected chi connectivity index (χ1v) is 10.8. The number of hydrogen-bond acceptors (Lipinski definition) is 5. The number of pyridine rings is 1. The fourth-order valence-corrected chi connectivity index (χ4v) is 3.86. The minimum absolute atomic E-state index is 0.127. The first-order valence-electron chi connectivity index (χ1n) is 10.8. The highest BCUT2D eigenvalue weighted by atomic mass is 16.5. The van der Waals surface area contributed by atoms with Crippen molar-refractivity contribution in [3.63, 3.8) is 0 Å². The van der Waals surface area contributed by atoms with Crippen LogP contribution in [0, 0.1) is 20.8 Å². The van der Waals surface area contributed by atoms with Crippen LogP contribution in [0.1, 0.15) is 39.9 Å². The molecule has 4 aromatic rings. The van der Waals surface area contributed by atoms with E-state index in [1.165, 1.54) is 6.92 Å². The predicted octanol–water partition coefficient (Wildman–Crippen LogP) is 4.75. The summed E-state index contributed by atoms with van der Waals surface area (Å²) in [5.41, 5.74) is 6.50. The Morgan fingerprint density at radius 2 is 1.76 bits per heavy atom. The third-order valence-corrected chi connectivity index (χ3v) is 5.55. The van der Waals surface area contributed by atoms with Crippen molar-refractivity contribution in [3.8, 4) is 11.3 Å². The second-order valence-electron chi connectivity index (χ2n) is 8.14. The summed E-state index contributed by atoms with van der Waals surface area (Å²) in [5.74, 6) is 0.491. The molecule has 0 fully saturated rings. The Morgan fingerprint density at radius 1 is 1.00 bits per heavy atom. The number of rotatable bonds is 6. The molecule has 2 aromatic heterocycles. The van der Waals surface area contributed by atoms with Gasteiger partial charge in [-0.05, 0) is 57.5 Å². The van der Waals surface area contributed by atoms with Crippen LogP contribution < -0.4 is 10.6 Å². The van der Waals surface area contributed by atoms with Gasteiger partial charge in [-0.3, -0.25) is 9.59 Å². The normalized spacial score (nSPS) is 10.9. The van der Waals surface area contributed by atoms with Crippen LogP contribution in [0.5, 0.6) is 0 Å². The van der Waals surface area contributed by atoms with Crippen molar-refractivity contribution in [2.24, 2.45) is 0 Å². The molecule has 0 unspecified atom stereocenters. The van der Waals surface area contributed by atoms with E-state index in [0.29, 0.717) is 29.9 Å². The number of hydrogen-bond donors (Lipinski definition) is 2. The van der Waals surface area contributed by atoms with Gasteiger partial charge in [0.2, 0.25) is 5.91 Å². The van der Waals surface area contributed by atoms with E-state index < -0.39 is 0 Å². The monoisotopic (exact) mass is 442 g/mol. The molecule has 0 saturated carbocycles. The molecule has 7 nitrogen and oxygen atoms in total. The van der Waals surface area contributed by atoms with Crippen LogP contribution in [-0.4, -0.2) is 28.5 Å². The number of nitrogens with zero attached hydrogens (tertiary/aromatic N) is 2. The molecule has 0 aliphatic rings. The first kappa shape index (κ1) is 22.2. The van der Waals surface area contributed by atoms with Crippen LogP contribution >= 0.6 is 0 Å². The number of anilines is 1. The number of carbonyl (C=O) groups excluding carboxylic acids is 2. The van der Waals surface area contributed by atoms with Crippen molar-refractivity contribution in [2.45, 2.75) is 34.1 Å². The van der Waals surface area contributed by atoms with Crippen molar-refractivity contribution in [1.82, 2.24) is 15.5 Å².